The zero-order chi connectivity index (χ0) is 16.2. The molecule has 114 valence electrons. The van der Waals surface area contributed by atoms with Gasteiger partial charge in [-0.2, -0.15) is 0 Å². The molecule has 0 aliphatic carbocycles. The van der Waals surface area contributed by atoms with Crippen LogP contribution in [0.4, 0.5) is 0 Å². The van der Waals surface area contributed by atoms with Gasteiger partial charge in [0.15, 0.2) is 5.78 Å². The highest BCUT2D eigenvalue weighted by Gasteiger charge is 2.29. The van der Waals surface area contributed by atoms with Crippen molar-refractivity contribution in [3.8, 4) is 0 Å². The second-order valence-electron chi connectivity index (χ2n) is 6.02. The quantitative estimate of drug-likeness (QED) is 0.589. The van der Waals surface area contributed by atoms with Crippen LogP contribution in [0.3, 0.4) is 0 Å². The monoisotopic (exact) mass is 315 g/mol. The van der Waals surface area contributed by atoms with Crippen molar-refractivity contribution in [2.45, 2.75) is 26.2 Å². The van der Waals surface area contributed by atoms with Gasteiger partial charge in [0.1, 0.15) is 6.29 Å². The minimum atomic E-state index is -0.581. The summed E-state index contributed by atoms with van der Waals surface area (Å²) in [6.07, 6.45) is 4.51. The maximum Gasteiger partial charge on any atom is 0.171 e. The van der Waals surface area contributed by atoms with Crippen LogP contribution in [0.15, 0.2) is 48.8 Å². The van der Waals surface area contributed by atoms with Crippen molar-refractivity contribution < 1.29 is 9.59 Å². The van der Waals surface area contributed by atoms with Crippen molar-refractivity contribution in [2.24, 2.45) is 5.41 Å². The Balaban J connectivity index is 2.39. The number of Topliss-reactive ketones (excluding diaryl/α,β-unsaturated/α-hetero) is 1. The summed E-state index contributed by atoms with van der Waals surface area (Å²) in [7, 11) is 0. The maximum absolute atomic E-state index is 12.8. The standard InChI is InChI=1S/C18H18ClNO2/c1-18(2,12-21)10-16(13-5-7-15(19)8-6-13)17(22)14-4-3-9-20-11-14/h3-9,11-12,16H,10H2,1-2H3. The predicted octanol–water partition coefficient (Wildman–Crippen LogP) is 4.32. The fourth-order valence-electron chi connectivity index (χ4n) is 2.34. The molecule has 1 unspecified atom stereocenters. The van der Waals surface area contributed by atoms with Crippen LogP contribution in [-0.2, 0) is 4.79 Å². The number of benzene rings is 1. The van der Waals surface area contributed by atoms with Crippen LogP contribution in [0.2, 0.25) is 5.02 Å². The van der Waals surface area contributed by atoms with Crippen molar-refractivity contribution in [1.82, 2.24) is 4.98 Å². The molecule has 0 fully saturated rings. The number of rotatable bonds is 6. The van der Waals surface area contributed by atoms with Crippen LogP contribution >= 0.6 is 11.6 Å². The lowest BCUT2D eigenvalue weighted by Crippen LogP contribution is -2.23. The van der Waals surface area contributed by atoms with Crippen LogP contribution in [0.25, 0.3) is 0 Å². The molecule has 0 bridgehead atoms. The van der Waals surface area contributed by atoms with Gasteiger partial charge in [-0.05, 0) is 36.2 Å². The fourth-order valence-corrected chi connectivity index (χ4v) is 2.47. The molecule has 1 atom stereocenters. The normalized spacial score (nSPS) is 12.7. The Bertz CT molecular complexity index is 651. The molecule has 1 aromatic heterocycles. The third-order valence-electron chi connectivity index (χ3n) is 3.58. The largest absolute Gasteiger partial charge is 0.303 e. The number of halogens is 1. The number of hydrogen-bond acceptors (Lipinski definition) is 3. The second kappa shape index (κ2) is 6.84. The molecule has 0 saturated heterocycles. The predicted molar refractivity (Wildman–Crippen MR) is 87.2 cm³/mol. The molecule has 4 heteroatoms. The van der Waals surface area contributed by atoms with Crippen LogP contribution in [0.5, 0.6) is 0 Å². The molecule has 0 spiro atoms. The Kier molecular flexibility index (Phi) is 5.09. The third kappa shape index (κ3) is 4.01. The number of hydrogen-bond donors (Lipinski definition) is 0. The van der Waals surface area contributed by atoms with Crippen LogP contribution in [0.1, 0.15) is 42.1 Å². The highest BCUT2D eigenvalue weighted by Crippen LogP contribution is 2.33. The van der Waals surface area contributed by atoms with Crippen molar-refractivity contribution in [1.29, 1.82) is 0 Å². The molecule has 0 N–H and O–H groups in total. The first-order valence-electron chi connectivity index (χ1n) is 7.09. The van der Waals surface area contributed by atoms with Crippen molar-refractivity contribution >= 4 is 23.7 Å². The van der Waals surface area contributed by atoms with Gasteiger partial charge in [0.05, 0.1) is 0 Å². The first kappa shape index (κ1) is 16.4. The molecule has 0 aliphatic rings. The van der Waals surface area contributed by atoms with Gasteiger partial charge < -0.3 is 4.79 Å². The summed E-state index contributed by atoms with van der Waals surface area (Å²) in [6, 6.07) is 10.7. The summed E-state index contributed by atoms with van der Waals surface area (Å²) in [5.41, 5.74) is 0.819. The smallest absolute Gasteiger partial charge is 0.171 e. The zero-order valence-electron chi connectivity index (χ0n) is 12.6. The lowest BCUT2D eigenvalue weighted by atomic mass is 9.78. The third-order valence-corrected chi connectivity index (χ3v) is 3.84. The van der Waals surface area contributed by atoms with Gasteiger partial charge in [0.25, 0.3) is 0 Å². The molecule has 1 aromatic carbocycles. The summed E-state index contributed by atoms with van der Waals surface area (Å²) in [5.74, 6) is -0.438. The zero-order valence-corrected chi connectivity index (χ0v) is 13.4. The van der Waals surface area contributed by atoms with Crippen molar-refractivity contribution in [2.75, 3.05) is 0 Å². The lowest BCUT2D eigenvalue weighted by molar-refractivity contribution is -0.115. The Labute approximate surface area is 135 Å². The number of nitrogens with zero attached hydrogens (tertiary/aromatic N) is 1. The molecular weight excluding hydrogens is 298 g/mol. The lowest BCUT2D eigenvalue weighted by Gasteiger charge is -2.24. The molecule has 0 amide bonds. The minimum absolute atomic E-state index is 0.0367. The SMILES string of the molecule is CC(C)(C=O)CC(C(=O)c1cccnc1)c1ccc(Cl)cc1. The summed E-state index contributed by atoms with van der Waals surface area (Å²) in [4.78, 5) is 28.1. The highest BCUT2D eigenvalue weighted by atomic mass is 35.5. The fraction of sp³-hybridized carbons (Fsp3) is 0.278. The molecule has 0 radical (unpaired) electrons. The second-order valence-corrected chi connectivity index (χ2v) is 6.46. The van der Waals surface area contributed by atoms with E-state index in [0.29, 0.717) is 17.0 Å². The van der Waals surface area contributed by atoms with E-state index in [1.165, 1.54) is 0 Å². The van der Waals surface area contributed by atoms with Crippen LogP contribution in [-0.4, -0.2) is 17.1 Å². The minimum Gasteiger partial charge on any atom is -0.303 e. The number of aldehydes is 1. The van der Waals surface area contributed by atoms with E-state index in [1.54, 1.807) is 36.7 Å². The van der Waals surface area contributed by atoms with Gasteiger partial charge in [-0.25, -0.2) is 0 Å². The van der Waals surface area contributed by atoms with Gasteiger partial charge in [0.2, 0.25) is 0 Å². The molecule has 2 rings (SSSR count). The number of ketones is 1. The van der Waals surface area contributed by atoms with Crippen molar-refractivity contribution in [3.05, 3.63) is 64.9 Å². The summed E-state index contributed by atoms with van der Waals surface area (Å²) < 4.78 is 0. The van der Waals surface area contributed by atoms with Crippen molar-refractivity contribution in [3.63, 3.8) is 0 Å². The average molecular weight is 316 g/mol. The Morgan fingerprint density at radius 1 is 1.27 bits per heavy atom. The van der Waals surface area contributed by atoms with E-state index in [4.69, 9.17) is 11.6 Å². The molecule has 0 aliphatic heterocycles. The van der Waals surface area contributed by atoms with Gasteiger partial charge >= 0.3 is 0 Å². The summed E-state index contributed by atoms with van der Waals surface area (Å²) in [5, 5.41) is 0.617. The molecule has 1 heterocycles. The van der Waals surface area contributed by atoms with Crippen LogP contribution in [0, 0.1) is 5.41 Å². The van der Waals surface area contributed by atoms with Crippen LogP contribution < -0.4 is 0 Å². The summed E-state index contributed by atoms with van der Waals surface area (Å²) in [6.45, 7) is 3.67. The number of carbonyl (C=O) groups is 2. The van der Waals surface area contributed by atoms with E-state index in [1.807, 2.05) is 26.0 Å². The van der Waals surface area contributed by atoms with E-state index < -0.39 is 11.3 Å². The van der Waals surface area contributed by atoms with E-state index >= 15 is 0 Å². The van der Waals surface area contributed by atoms with E-state index in [-0.39, 0.29) is 5.78 Å². The van der Waals surface area contributed by atoms with Gasteiger partial charge in [0, 0.05) is 34.3 Å². The number of carbonyl (C=O) groups excluding carboxylic acids is 2. The van der Waals surface area contributed by atoms with E-state index in [2.05, 4.69) is 4.98 Å². The Hall–Kier alpha value is -2.00. The topological polar surface area (TPSA) is 47.0 Å². The molecule has 0 saturated carbocycles. The Morgan fingerprint density at radius 2 is 1.95 bits per heavy atom. The van der Waals surface area contributed by atoms with E-state index in [0.717, 1.165) is 11.8 Å². The Morgan fingerprint density at radius 3 is 2.50 bits per heavy atom. The number of pyridine rings is 1. The molecule has 22 heavy (non-hydrogen) atoms. The number of aromatic nitrogens is 1. The van der Waals surface area contributed by atoms with Gasteiger partial charge in [-0.15, -0.1) is 0 Å². The first-order valence-corrected chi connectivity index (χ1v) is 7.47. The first-order chi connectivity index (χ1) is 10.4. The maximum atomic E-state index is 12.8. The van der Waals surface area contributed by atoms with E-state index in [9.17, 15) is 9.59 Å². The van der Waals surface area contributed by atoms with Gasteiger partial charge in [-0.3, -0.25) is 9.78 Å². The van der Waals surface area contributed by atoms with Gasteiger partial charge in [-0.1, -0.05) is 37.6 Å². The summed E-state index contributed by atoms with van der Waals surface area (Å²) >= 11 is 5.92. The highest BCUT2D eigenvalue weighted by molar-refractivity contribution is 6.30. The molecule has 2 aromatic rings. The average Bonchev–Trinajstić information content (AvgIpc) is 2.54. The molecular formula is C18H18ClNO2. The molecule has 3 nitrogen and oxygen atoms in total.